The van der Waals surface area contributed by atoms with E-state index in [1.54, 1.807) is 0 Å². The molecule has 2 rings (SSSR count). The van der Waals surface area contributed by atoms with Crippen LogP contribution in [0.15, 0.2) is 33.3 Å². The van der Waals surface area contributed by atoms with Gasteiger partial charge in [-0.15, -0.1) is 10.2 Å². The molecule has 1 aromatic carbocycles. The van der Waals surface area contributed by atoms with Crippen molar-refractivity contribution in [2.75, 3.05) is 0 Å². The third-order valence-corrected chi connectivity index (χ3v) is 3.46. The van der Waals surface area contributed by atoms with Gasteiger partial charge < -0.3 is 0 Å². The van der Waals surface area contributed by atoms with E-state index in [-0.39, 0.29) is 0 Å². The van der Waals surface area contributed by atoms with Gasteiger partial charge in [0, 0.05) is 5.39 Å². The van der Waals surface area contributed by atoms with Crippen LogP contribution in [0, 0.1) is 0 Å². The topological polar surface area (TPSA) is 25.8 Å². The second-order valence-electron chi connectivity index (χ2n) is 2.32. The van der Waals surface area contributed by atoms with Crippen LogP contribution >= 0.6 is 31.9 Å². The van der Waals surface area contributed by atoms with Gasteiger partial charge in [-0.1, -0.05) is 18.2 Å². The summed E-state index contributed by atoms with van der Waals surface area (Å²) < 4.78 is 1.69. The minimum Gasteiger partial charge on any atom is -0.149 e. The maximum absolute atomic E-state index is 4.01. The van der Waals surface area contributed by atoms with Gasteiger partial charge >= 0.3 is 0 Å². The molecule has 0 aliphatic carbocycles. The van der Waals surface area contributed by atoms with Gasteiger partial charge in [-0.05, 0) is 37.9 Å². The maximum Gasteiger partial charge on any atom is 0.143 e. The molecule has 0 aliphatic rings. The molecule has 0 N–H and O–H groups in total. The molecule has 0 fully saturated rings. The van der Waals surface area contributed by atoms with E-state index in [4.69, 9.17) is 0 Å². The summed E-state index contributed by atoms with van der Waals surface area (Å²) in [5.41, 5.74) is 0.896. The number of benzene rings is 1. The summed E-state index contributed by atoms with van der Waals surface area (Å²) in [6.07, 6.45) is 0. The van der Waals surface area contributed by atoms with Gasteiger partial charge in [0.25, 0.3) is 0 Å². The number of hydrogen-bond acceptors (Lipinski definition) is 2. The normalized spacial score (nSPS) is 10.5. The van der Waals surface area contributed by atoms with Crippen LogP contribution < -0.4 is 0 Å². The first-order valence-electron chi connectivity index (χ1n) is 3.35. The van der Waals surface area contributed by atoms with Gasteiger partial charge in [-0.25, -0.2) is 0 Å². The Hall–Kier alpha value is -0.480. The summed E-state index contributed by atoms with van der Waals surface area (Å²) in [6, 6.07) is 7.84. The zero-order valence-electron chi connectivity index (χ0n) is 5.96. The second-order valence-corrected chi connectivity index (χ2v) is 3.87. The standard InChI is InChI=1S/C8H4Br2N2/c9-7-5-3-1-2-4-6(5)11-12-8(7)10/h1-4H. The predicted molar refractivity (Wildman–Crippen MR) is 54.9 cm³/mol. The van der Waals surface area contributed by atoms with Crippen molar-refractivity contribution < 1.29 is 0 Å². The van der Waals surface area contributed by atoms with Crippen molar-refractivity contribution >= 4 is 42.8 Å². The summed E-state index contributed by atoms with van der Waals surface area (Å²) in [5.74, 6) is 0. The van der Waals surface area contributed by atoms with E-state index in [0.29, 0.717) is 0 Å². The highest BCUT2D eigenvalue weighted by molar-refractivity contribution is 9.13. The third kappa shape index (κ3) is 1.25. The Kier molecular flexibility index (Phi) is 2.11. The van der Waals surface area contributed by atoms with Crippen LogP contribution in [0.3, 0.4) is 0 Å². The molecule has 2 aromatic rings. The lowest BCUT2D eigenvalue weighted by molar-refractivity contribution is 1.04. The molecule has 60 valence electrons. The quantitative estimate of drug-likeness (QED) is 0.744. The third-order valence-electron chi connectivity index (χ3n) is 1.57. The molecule has 1 heterocycles. The molecule has 0 atom stereocenters. The first-order chi connectivity index (χ1) is 5.79. The molecule has 0 bridgehead atoms. The van der Waals surface area contributed by atoms with Crippen molar-refractivity contribution in [1.29, 1.82) is 0 Å². The van der Waals surface area contributed by atoms with Crippen LogP contribution in [-0.4, -0.2) is 10.2 Å². The largest absolute Gasteiger partial charge is 0.149 e. The summed E-state index contributed by atoms with van der Waals surface area (Å²) in [5, 5.41) is 9.01. The van der Waals surface area contributed by atoms with E-state index in [2.05, 4.69) is 42.1 Å². The lowest BCUT2D eigenvalue weighted by Gasteiger charge is -1.98. The van der Waals surface area contributed by atoms with E-state index in [0.717, 1.165) is 20.0 Å². The summed E-state index contributed by atoms with van der Waals surface area (Å²) in [6.45, 7) is 0. The molecule has 0 aliphatic heterocycles. The Balaban J connectivity index is 2.91. The summed E-state index contributed by atoms with van der Waals surface area (Å²) in [7, 11) is 0. The summed E-state index contributed by atoms with van der Waals surface area (Å²) in [4.78, 5) is 0. The van der Waals surface area contributed by atoms with E-state index in [1.807, 2.05) is 24.3 Å². The Labute approximate surface area is 86.3 Å². The molecule has 12 heavy (non-hydrogen) atoms. The maximum atomic E-state index is 4.01. The fourth-order valence-corrected chi connectivity index (χ4v) is 1.71. The Morgan fingerprint density at radius 1 is 1.00 bits per heavy atom. The van der Waals surface area contributed by atoms with Crippen LogP contribution in [0.25, 0.3) is 10.9 Å². The number of hydrogen-bond donors (Lipinski definition) is 0. The minimum absolute atomic E-state index is 0.737. The number of halogens is 2. The predicted octanol–water partition coefficient (Wildman–Crippen LogP) is 3.15. The SMILES string of the molecule is Brc1nnc2ccccc2c1Br. The van der Waals surface area contributed by atoms with Gasteiger partial charge in [-0.2, -0.15) is 0 Å². The minimum atomic E-state index is 0.737. The molecular weight excluding hydrogens is 284 g/mol. The van der Waals surface area contributed by atoms with Crippen LogP contribution in [0.5, 0.6) is 0 Å². The second kappa shape index (κ2) is 3.11. The molecule has 0 spiro atoms. The zero-order chi connectivity index (χ0) is 8.55. The van der Waals surface area contributed by atoms with Crippen LogP contribution in [0.2, 0.25) is 0 Å². The van der Waals surface area contributed by atoms with Gasteiger partial charge in [0.15, 0.2) is 0 Å². The van der Waals surface area contributed by atoms with E-state index < -0.39 is 0 Å². The van der Waals surface area contributed by atoms with Gasteiger partial charge in [0.1, 0.15) is 4.60 Å². The zero-order valence-corrected chi connectivity index (χ0v) is 9.13. The molecule has 0 saturated carbocycles. The van der Waals surface area contributed by atoms with Gasteiger partial charge in [-0.3, -0.25) is 0 Å². The number of aromatic nitrogens is 2. The van der Waals surface area contributed by atoms with Crippen molar-refractivity contribution in [3.8, 4) is 0 Å². The highest BCUT2D eigenvalue weighted by Gasteiger charge is 2.03. The van der Waals surface area contributed by atoms with Crippen LogP contribution in [0.4, 0.5) is 0 Å². The number of fused-ring (bicyclic) bond motifs is 1. The van der Waals surface area contributed by atoms with Crippen LogP contribution in [-0.2, 0) is 0 Å². The summed E-state index contributed by atoms with van der Waals surface area (Å²) >= 11 is 6.73. The van der Waals surface area contributed by atoms with E-state index in [9.17, 15) is 0 Å². The van der Waals surface area contributed by atoms with E-state index >= 15 is 0 Å². The van der Waals surface area contributed by atoms with Gasteiger partial charge in [0.2, 0.25) is 0 Å². The first kappa shape index (κ1) is 8.13. The molecule has 4 heteroatoms. The molecule has 0 saturated heterocycles. The van der Waals surface area contributed by atoms with Crippen LogP contribution in [0.1, 0.15) is 0 Å². The lowest BCUT2D eigenvalue weighted by Crippen LogP contribution is -1.86. The van der Waals surface area contributed by atoms with Crippen molar-refractivity contribution in [2.45, 2.75) is 0 Å². The first-order valence-corrected chi connectivity index (χ1v) is 4.94. The van der Waals surface area contributed by atoms with Crippen molar-refractivity contribution in [3.63, 3.8) is 0 Å². The fourth-order valence-electron chi connectivity index (χ4n) is 0.999. The molecular formula is C8H4Br2N2. The Bertz CT molecular complexity index is 428. The molecule has 0 radical (unpaired) electrons. The molecule has 2 nitrogen and oxygen atoms in total. The smallest absolute Gasteiger partial charge is 0.143 e. The average molecular weight is 288 g/mol. The Morgan fingerprint density at radius 3 is 2.58 bits per heavy atom. The highest BCUT2D eigenvalue weighted by atomic mass is 79.9. The van der Waals surface area contributed by atoms with Crippen molar-refractivity contribution in [3.05, 3.63) is 33.3 Å². The number of rotatable bonds is 0. The monoisotopic (exact) mass is 286 g/mol. The average Bonchev–Trinajstić information content (AvgIpc) is 2.12. The van der Waals surface area contributed by atoms with Gasteiger partial charge in [0.05, 0.1) is 9.99 Å². The number of nitrogens with zero attached hydrogens (tertiary/aromatic N) is 2. The van der Waals surface area contributed by atoms with Crippen molar-refractivity contribution in [1.82, 2.24) is 10.2 Å². The van der Waals surface area contributed by atoms with E-state index in [1.165, 1.54) is 0 Å². The lowest BCUT2D eigenvalue weighted by atomic mass is 10.2. The molecule has 1 aromatic heterocycles. The molecule has 0 unspecified atom stereocenters. The molecule has 0 amide bonds. The fraction of sp³-hybridized carbons (Fsp3) is 0. The highest BCUT2D eigenvalue weighted by Crippen LogP contribution is 2.27. The van der Waals surface area contributed by atoms with Crippen molar-refractivity contribution in [2.24, 2.45) is 0 Å². The Morgan fingerprint density at radius 2 is 1.75 bits per heavy atom.